The summed E-state index contributed by atoms with van der Waals surface area (Å²) in [6.07, 6.45) is 13.1. The molecule has 1 atom stereocenters. The van der Waals surface area contributed by atoms with E-state index < -0.39 is 0 Å². The van der Waals surface area contributed by atoms with Crippen molar-refractivity contribution in [2.24, 2.45) is 5.92 Å². The van der Waals surface area contributed by atoms with Gasteiger partial charge in [-0.25, -0.2) is 0 Å². The molecule has 0 fully saturated rings. The molecule has 0 N–H and O–H groups in total. The smallest absolute Gasteiger partial charge is 0.0231 e. The predicted molar refractivity (Wildman–Crippen MR) is 46.0 cm³/mol. The predicted octanol–water partition coefficient (Wildman–Crippen LogP) is 3.53. The van der Waals surface area contributed by atoms with E-state index in [0.29, 0.717) is 0 Å². The van der Waals surface area contributed by atoms with Gasteiger partial charge in [0.15, 0.2) is 0 Å². The van der Waals surface area contributed by atoms with Crippen LogP contribution >= 0.6 is 0 Å². The van der Waals surface area contributed by atoms with Gasteiger partial charge in [0.05, 0.1) is 0 Å². The lowest BCUT2D eigenvalue weighted by molar-refractivity contribution is 0.532. The van der Waals surface area contributed by atoms with E-state index in [-0.39, 0.29) is 0 Å². The van der Waals surface area contributed by atoms with E-state index in [9.17, 15) is 0 Å². The Balaban J connectivity index is 1.97. The highest BCUT2D eigenvalue weighted by atomic mass is 14.1. The quantitative estimate of drug-likeness (QED) is 0.412. The standard InChI is InChI=1S/C10H18/c1-2-3-4-7-10-8-5-6-9-10/h5,8,10H,2-4,6-7,9H2,1H3/t10-/m1/s1. The molecule has 0 unspecified atom stereocenters. The Labute approximate surface area is 64.3 Å². The van der Waals surface area contributed by atoms with Crippen LogP contribution in [0.5, 0.6) is 0 Å². The largest absolute Gasteiger partial charge is 0.0882 e. The summed E-state index contributed by atoms with van der Waals surface area (Å²) in [4.78, 5) is 0. The summed E-state index contributed by atoms with van der Waals surface area (Å²) in [6.45, 7) is 2.27. The Morgan fingerprint density at radius 2 is 2.30 bits per heavy atom. The van der Waals surface area contributed by atoms with Crippen molar-refractivity contribution in [1.29, 1.82) is 0 Å². The van der Waals surface area contributed by atoms with Crippen molar-refractivity contribution in [3.63, 3.8) is 0 Å². The molecular weight excluding hydrogens is 120 g/mol. The summed E-state index contributed by atoms with van der Waals surface area (Å²) < 4.78 is 0. The minimum Gasteiger partial charge on any atom is -0.0882 e. The first kappa shape index (κ1) is 7.84. The maximum Gasteiger partial charge on any atom is -0.0231 e. The van der Waals surface area contributed by atoms with Crippen molar-refractivity contribution >= 4 is 0 Å². The Kier molecular flexibility index (Phi) is 3.56. The Morgan fingerprint density at radius 1 is 1.40 bits per heavy atom. The molecule has 58 valence electrons. The van der Waals surface area contributed by atoms with Crippen LogP contribution in [0.2, 0.25) is 0 Å². The van der Waals surface area contributed by atoms with Crippen molar-refractivity contribution in [3.05, 3.63) is 12.2 Å². The van der Waals surface area contributed by atoms with Gasteiger partial charge in [0.1, 0.15) is 0 Å². The van der Waals surface area contributed by atoms with Crippen molar-refractivity contribution < 1.29 is 0 Å². The van der Waals surface area contributed by atoms with Gasteiger partial charge in [-0.3, -0.25) is 0 Å². The molecule has 10 heavy (non-hydrogen) atoms. The van der Waals surface area contributed by atoms with Crippen molar-refractivity contribution in [2.75, 3.05) is 0 Å². The van der Waals surface area contributed by atoms with Gasteiger partial charge in [0.25, 0.3) is 0 Å². The van der Waals surface area contributed by atoms with E-state index in [4.69, 9.17) is 0 Å². The second-order valence-electron chi connectivity index (χ2n) is 3.26. The molecule has 0 aliphatic heterocycles. The van der Waals surface area contributed by atoms with Crippen molar-refractivity contribution in [1.82, 2.24) is 0 Å². The first-order chi connectivity index (χ1) is 4.93. The van der Waals surface area contributed by atoms with Crippen LogP contribution in [0.1, 0.15) is 45.4 Å². The molecule has 0 saturated heterocycles. The van der Waals surface area contributed by atoms with Gasteiger partial charge >= 0.3 is 0 Å². The van der Waals surface area contributed by atoms with Crippen LogP contribution < -0.4 is 0 Å². The van der Waals surface area contributed by atoms with E-state index >= 15 is 0 Å². The zero-order valence-electron chi connectivity index (χ0n) is 6.97. The Bertz CT molecular complexity index is 103. The highest BCUT2D eigenvalue weighted by Crippen LogP contribution is 2.22. The van der Waals surface area contributed by atoms with Crippen molar-refractivity contribution in [3.8, 4) is 0 Å². The van der Waals surface area contributed by atoms with Gasteiger partial charge in [0, 0.05) is 0 Å². The average Bonchev–Trinajstić information content (AvgIpc) is 2.41. The molecule has 1 rings (SSSR count). The molecule has 0 heterocycles. The summed E-state index contributed by atoms with van der Waals surface area (Å²) in [5.41, 5.74) is 0. The number of allylic oxidation sites excluding steroid dienone is 2. The van der Waals surface area contributed by atoms with Gasteiger partial charge in [-0.1, -0.05) is 38.3 Å². The zero-order valence-corrected chi connectivity index (χ0v) is 6.97. The second-order valence-corrected chi connectivity index (χ2v) is 3.26. The third-order valence-electron chi connectivity index (χ3n) is 2.29. The maximum absolute atomic E-state index is 2.40. The fourth-order valence-electron chi connectivity index (χ4n) is 1.59. The van der Waals surface area contributed by atoms with Crippen LogP contribution in [0.25, 0.3) is 0 Å². The maximum atomic E-state index is 2.40. The van der Waals surface area contributed by atoms with Gasteiger partial charge in [-0.05, 0) is 25.2 Å². The van der Waals surface area contributed by atoms with Crippen LogP contribution in [0.3, 0.4) is 0 Å². The van der Waals surface area contributed by atoms with Crippen LogP contribution in [0.4, 0.5) is 0 Å². The molecule has 0 aromatic rings. The monoisotopic (exact) mass is 138 g/mol. The number of hydrogen-bond acceptors (Lipinski definition) is 0. The molecule has 0 nitrogen and oxygen atoms in total. The minimum absolute atomic E-state index is 0.937. The fraction of sp³-hybridized carbons (Fsp3) is 0.800. The first-order valence-electron chi connectivity index (χ1n) is 4.60. The summed E-state index contributed by atoms with van der Waals surface area (Å²) in [7, 11) is 0. The summed E-state index contributed by atoms with van der Waals surface area (Å²) in [6, 6.07) is 0. The molecule has 1 aliphatic rings. The molecule has 0 radical (unpaired) electrons. The van der Waals surface area contributed by atoms with Crippen LogP contribution in [-0.2, 0) is 0 Å². The Morgan fingerprint density at radius 3 is 2.90 bits per heavy atom. The van der Waals surface area contributed by atoms with Crippen LogP contribution in [0, 0.1) is 5.92 Å². The molecule has 0 bridgehead atoms. The van der Waals surface area contributed by atoms with Gasteiger partial charge in [-0.2, -0.15) is 0 Å². The van der Waals surface area contributed by atoms with E-state index in [1.165, 1.54) is 38.5 Å². The first-order valence-corrected chi connectivity index (χ1v) is 4.60. The second kappa shape index (κ2) is 4.54. The van der Waals surface area contributed by atoms with E-state index in [0.717, 1.165) is 5.92 Å². The lowest BCUT2D eigenvalue weighted by Gasteiger charge is -2.04. The molecule has 0 saturated carbocycles. The number of unbranched alkanes of at least 4 members (excludes halogenated alkanes) is 2. The topological polar surface area (TPSA) is 0 Å². The van der Waals surface area contributed by atoms with Crippen LogP contribution in [0.15, 0.2) is 12.2 Å². The highest BCUT2D eigenvalue weighted by molar-refractivity contribution is 4.95. The normalized spacial score (nSPS) is 23.9. The van der Waals surface area contributed by atoms with Gasteiger partial charge in [-0.15, -0.1) is 0 Å². The minimum atomic E-state index is 0.937. The van der Waals surface area contributed by atoms with Crippen LogP contribution in [-0.4, -0.2) is 0 Å². The molecule has 0 aromatic heterocycles. The lowest BCUT2D eigenvalue weighted by atomic mass is 10.0. The molecule has 0 aromatic carbocycles. The summed E-state index contributed by atoms with van der Waals surface area (Å²) in [5.74, 6) is 0.937. The van der Waals surface area contributed by atoms with Crippen molar-refractivity contribution in [2.45, 2.75) is 45.4 Å². The molecule has 0 heteroatoms. The summed E-state index contributed by atoms with van der Waals surface area (Å²) >= 11 is 0. The van der Waals surface area contributed by atoms with E-state index in [1.54, 1.807) is 0 Å². The molecule has 0 amide bonds. The average molecular weight is 138 g/mol. The summed E-state index contributed by atoms with van der Waals surface area (Å²) in [5, 5.41) is 0. The zero-order chi connectivity index (χ0) is 7.23. The fourth-order valence-corrected chi connectivity index (χ4v) is 1.59. The number of hydrogen-bond donors (Lipinski definition) is 0. The lowest BCUT2D eigenvalue weighted by Crippen LogP contribution is -1.90. The Hall–Kier alpha value is -0.260. The van der Waals surface area contributed by atoms with E-state index in [2.05, 4.69) is 19.1 Å². The third kappa shape index (κ3) is 2.55. The third-order valence-corrected chi connectivity index (χ3v) is 2.29. The SMILES string of the molecule is CCCCC[C@@H]1C=CCC1. The number of rotatable bonds is 4. The molecule has 0 spiro atoms. The van der Waals surface area contributed by atoms with Gasteiger partial charge < -0.3 is 0 Å². The van der Waals surface area contributed by atoms with Gasteiger partial charge in [0.2, 0.25) is 0 Å². The highest BCUT2D eigenvalue weighted by Gasteiger charge is 2.07. The molecule has 1 aliphatic carbocycles. The molecular formula is C10H18. The van der Waals surface area contributed by atoms with E-state index in [1.807, 2.05) is 0 Å².